The standard InChI is InChI=1S/C17H26N2O2/c1-3-19(12-15-6-9-18-10-7-15)13-17(16(20)21)8-4-5-14(2)11-17/h6-7,9-10,14H,3-5,8,11-13H2,1-2H3,(H,20,21). The molecule has 2 rings (SSSR count). The number of carbonyl (C=O) groups is 1. The molecule has 4 nitrogen and oxygen atoms in total. The Labute approximate surface area is 127 Å². The Kier molecular flexibility index (Phi) is 5.34. The summed E-state index contributed by atoms with van der Waals surface area (Å²) in [6.07, 6.45) is 7.37. The summed E-state index contributed by atoms with van der Waals surface area (Å²) in [5.74, 6) is -0.114. The van der Waals surface area contributed by atoms with Gasteiger partial charge in [0.05, 0.1) is 5.41 Å². The molecule has 1 fully saturated rings. The number of aliphatic carboxylic acids is 1. The number of hydrogen-bond acceptors (Lipinski definition) is 3. The first-order valence-corrected chi connectivity index (χ1v) is 7.90. The zero-order chi connectivity index (χ0) is 15.3. The van der Waals surface area contributed by atoms with Crippen molar-refractivity contribution in [2.24, 2.45) is 11.3 Å². The number of aromatic nitrogens is 1. The van der Waals surface area contributed by atoms with Gasteiger partial charge in [-0.05, 0) is 43.0 Å². The summed E-state index contributed by atoms with van der Waals surface area (Å²) in [5, 5.41) is 9.78. The highest BCUT2D eigenvalue weighted by Gasteiger charge is 2.42. The average Bonchev–Trinajstić information content (AvgIpc) is 2.47. The van der Waals surface area contributed by atoms with E-state index in [-0.39, 0.29) is 0 Å². The van der Waals surface area contributed by atoms with Crippen LogP contribution in [0.1, 0.15) is 45.1 Å². The van der Waals surface area contributed by atoms with Crippen molar-refractivity contribution in [2.45, 2.75) is 46.1 Å². The first kappa shape index (κ1) is 16.0. The third kappa shape index (κ3) is 4.03. The van der Waals surface area contributed by atoms with Crippen molar-refractivity contribution in [1.82, 2.24) is 9.88 Å². The van der Waals surface area contributed by atoms with E-state index in [1.165, 1.54) is 5.56 Å². The van der Waals surface area contributed by atoms with Crippen LogP contribution in [-0.2, 0) is 11.3 Å². The van der Waals surface area contributed by atoms with Crippen molar-refractivity contribution in [3.63, 3.8) is 0 Å². The Bertz CT molecular complexity index is 463. The van der Waals surface area contributed by atoms with Crippen molar-refractivity contribution in [3.8, 4) is 0 Å². The molecule has 1 saturated carbocycles. The minimum atomic E-state index is -0.623. The molecular weight excluding hydrogens is 264 g/mol. The van der Waals surface area contributed by atoms with Crippen molar-refractivity contribution in [3.05, 3.63) is 30.1 Å². The molecule has 0 bridgehead atoms. The highest BCUT2D eigenvalue weighted by Crippen LogP contribution is 2.40. The molecule has 0 aromatic carbocycles. The number of nitrogens with zero attached hydrogens (tertiary/aromatic N) is 2. The first-order valence-electron chi connectivity index (χ1n) is 7.90. The maximum atomic E-state index is 11.9. The second-order valence-corrected chi connectivity index (χ2v) is 6.45. The molecule has 2 atom stereocenters. The van der Waals surface area contributed by atoms with Crippen molar-refractivity contribution in [1.29, 1.82) is 0 Å². The Morgan fingerprint density at radius 1 is 1.48 bits per heavy atom. The zero-order valence-electron chi connectivity index (χ0n) is 13.1. The zero-order valence-corrected chi connectivity index (χ0v) is 13.1. The predicted octanol–water partition coefficient (Wildman–Crippen LogP) is 3.18. The molecule has 1 aliphatic rings. The normalized spacial score (nSPS) is 26.0. The van der Waals surface area contributed by atoms with Crippen LogP contribution < -0.4 is 0 Å². The summed E-state index contributed by atoms with van der Waals surface area (Å²) in [4.78, 5) is 18.2. The van der Waals surface area contributed by atoms with Crippen LogP contribution in [0.4, 0.5) is 0 Å². The fourth-order valence-electron chi connectivity index (χ4n) is 3.52. The average molecular weight is 290 g/mol. The van der Waals surface area contributed by atoms with E-state index in [1.807, 2.05) is 12.1 Å². The molecule has 21 heavy (non-hydrogen) atoms. The van der Waals surface area contributed by atoms with Crippen LogP contribution in [0.15, 0.2) is 24.5 Å². The second kappa shape index (κ2) is 7.03. The fourth-order valence-corrected chi connectivity index (χ4v) is 3.52. The van der Waals surface area contributed by atoms with Crippen LogP contribution >= 0.6 is 0 Å². The van der Waals surface area contributed by atoms with Crippen LogP contribution in [0, 0.1) is 11.3 Å². The van der Waals surface area contributed by atoms with E-state index in [4.69, 9.17) is 0 Å². The van der Waals surface area contributed by atoms with Crippen LogP contribution in [0.5, 0.6) is 0 Å². The summed E-state index contributed by atoms with van der Waals surface area (Å²) < 4.78 is 0. The third-order valence-corrected chi connectivity index (χ3v) is 4.67. The monoisotopic (exact) mass is 290 g/mol. The Morgan fingerprint density at radius 3 is 2.76 bits per heavy atom. The minimum Gasteiger partial charge on any atom is -0.481 e. The maximum absolute atomic E-state index is 11.9. The lowest BCUT2D eigenvalue weighted by atomic mass is 9.69. The highest BCUT2D eigenvalue weighted by molar-refractivity contribution is 5.75. The molecule has 1 aromatic rings. The molecule has 4 heteroatoms. The van der Waals surface area contributed by atoms with Gasteiger partial charge in [-0.1, -0.05) is 26.7 Å². The van der Waals surface area contributed by atoms with E-state index in [0.717, 1.165) is 38.8 Å². The van der Waals surface area contributed by atoms with Gasteiger partial charge < -0.3 is 5.11 Å². The Hall–Kier alpha value is -1.42. The van der Waals surface area contributed by atoms with Crippen molar-refractivity contribution >= 4 is 5.97 Å². The molecule has 0 aliphatic heterocycles. The predicted molar refractivity (Wildman–Crippen MR) is 82.9 cm³/mol. The molecule has 0 amide bonds. The number of carboxylic acids is 1. The third-order valence-electron chi connectivity index (χ3n) is 4.67. The van der Waals surface area contributed by atoms with E-state index in [1.54, 1.807) is 12.4 Å². The van der Waals surface area contributed by atoms with Gasteiger partial charge in [0.2, 0.25) is 0 Å². The van der Waals surface area contributed by atoms with Gasteiger partial charge in [0.15, 0.2) is 0 Å². The molecule has 116 valence electrons. The molecule has 1 aromatic heterocycles. The number of pyridine rings is 1. The van der Waals surface area contributed by atoms with E-state index >= 15 is 0 Å². The lowest BCUT2D eigenvalue weighted by Crippen LogP contribution is -2.45. The lowest BCUT2D eigenvalue weighted by molar-refractivity contribution is -0.153. The summed E-state index contributed by atoms with van der Waals surface area (Å²) in [7, 11) is 0. The van der Waals surface area contributed by atoms with Gasteiger partial charge in [-0.2, -0.15) is 0 Å². The largest absolute Gasteiger partial charge is 0.481 e. The smallest absolute Gasteiger partial charge is 0.310 e. The van der Waals surface area contributed by atoms with E-state index in [2.05, 4.69) is 23.7 Å². The topological polar surface area (TPSA) is 53.4 Å². The summed E-state index contributed by atoms with van der Waals surface area (Å²) in [6, 6.07) is 4.00. The molecule has 2 unspecified atom stereocenters. The summed E-state index contributed by atoms with van der Waals surface area (Å²) in [6.45, 7) is 6.58. The Balaban J connectivity index is 2.09. The van der Waals surface area contributed by atoms with Gasteiger partial charge in [-0.15, -0.1) is 0 Å². The van der Waals surface area contributed by atoms with Crippen LogP contribution in [0.2, 0.25) is 0 Å². The van der Waals surface area contributed by atoms with Gasteiger partial charge in [-0.25, -0.2) is 0 Å². The lowest BCUT2D eigenvalue weighted by Gasteiger charge is -2.40. The molecule has 1 aliphatic carbocycles. The molecule has 1 N–H and O–H groups in total. The van der Waals surface area contributed by atoms with Crippen LogP contribution in [0.25, 0.3) is 0 Å². The van der Waals surface area contributed by atoms with E-state index in [9.17, 15) is 9.90 Å². The number of rotatable bonds is 6. The van der Waals surface area contributed by atoms with Crippen molar-refractivity contribution < 1.29 is 9.90 Å². The molecule has 0 radical (unpaired) electrons. The molecule has 1 heterocycles. The number of carboxylic acid groups (broad SMARTS) is 1. The van der Waals surface area contributed by atoms with Crippen molar-refractivity contribution in [2.75, 3.05) is 13.1 Å². The van der Waals surface area contributed by atoms with E-state index in [0.29, 0.717) is 12.5 Å². The molecule has 0 saturated heterocycles. The quantitative estimate of drug-likeness (QED) is 0.874. The van der Waals surface area contributed by atoms with Crippen LogP contribution in [-0.4, -0.2) is 34.0 Å². The minimum absolute atomic E-state index is 0.509. The summed E-state index contributed by atoms with van der Waals surface area (Å²) >= 11 is 0. The Morgan fingerprint density at radius 2 is 2.19 bits per heavy atom. The molecule has 0 spiro atoms. The van der Waals surface area contributed by atoms with E-state index < -0.39 is 11.4 Å². The van der Waals surface area contributed by atoms with Gasteiger partial charge in [0.25, 0.3) is 0 Å². The summed E-state index contributed by atoms with van der Waals surface area (Å²) in [5.41, 5.74) is 0.622. The second-order valence-electron chi connectivity index (χ2n) is 6.45. The van der Waals surface area contributed by atoms with Gasteiger partial charge >= 0.3 is 5.97 Å². The maximum Gasteiger partial charge on any atom is 0.310 e. The van der Waals surface area contributed by atoms with Gasteiger partial charge in [0.1, 0.15) is 0 Å². The van der Waals surface area contributed by atoms with Crippen LogP contribution in [0.3, 0.4) is 0 Å². The van der Waals surface area contributed by atoms with Gasteiger partial charge in [0, 0.05) is 25.5 Å². The number of hydrogen-bond donors (Lipinski definition) is 1. The fraction of sp³-hybridized carbons (Fsp3) is 0.647. The molecular formula is C17H26N2O2. The van der Waals surface area contributed by atoms with Gasteiger partial charge in [-0.3, -0.25) is 14.7 Å². The highest BCUT2D eigenvalue weighted by atomic mass is 16.4. The first-order chi connectivity index (χ1) is 10.1. The SMILES string of the molecule is CCN(Cc1ccncc1)CC1(C(=O)O)CCCC(C)C1.